The monoisotopic (exact) mass is 513 g/mol. The number of rotatable bonds is 5. The van der Waals surface area contributed by atoms with Crippen LogP contribution in [-0.2, 0) is 11.3 Å². The van der Waals surface area contributed by atoms with E-state index in [0.717, 1.165) is 68.5 Å². The van der Waals surface area contributed by atoms with E-state index in [1.165, 1.54) is 17.7 Å². The van der Waals surface area contributed by atoms with Gasteiger partial charge in [0, 0.05) is 68.6 Å². The highest BCUT2D eigenvalue weighted by Gasteiger charge is 2.29. The molecule has 1 amide bonds. The van der Waals surface area contributed by atoms with E-state index < -0.39 is 0 Å². The summed E-state index contributed by atoms with van der Waals surface area (Å²) in [6.07, 6.45) is 4.37. The average molecular weight is 514 g/mol. The van der Waals surface area contributed by atoms with Gasteiger partial charge in [0.05, 0.1) is 29.7 Å². The summed E-state index contributed by atoms with van der Waals surface area (Å²) in [5.41, 5.74) is 5.61. The first-order valence-electron chi connectivity index (χ1n) is 13.0. The van der Waals surface area contributed by atoms with Crippen LogP contribution < -0.4 is 20.9 Å². The third kappa shape index (κ3) is 3.97. The summed E-state index contributed by atoms with van der Waals surface area (Å²) in [5, 5.41) is 9.81. The summed E-state index contributed by atoms with van der Waals surface area (Å²) in [6, 6.07) is 10.8. The van der Waals surface area contributed by atoms with Gasteiger partial charge in [0.1, 0.15) is 23.1 Å². The number of imidazole rings is 1. The van der Waals surface area contributed by atoms with Gasteiger partial charge in [-0.1, -0.05) is 12.1 Å². The number of piperazine rings is 1. The number of benzene rings is 1. The molecule has 1 aromatic carbocycles. The van der Waals surface area contributed by atoms with Gasteiger partial charge in [-0.3, -0.25) is 9.20 Å². The SMILES string of the molecule is O=C1NCc2c(-c3cnc4cc(F)ccn34)ccc(Nc3ccc([C@H]4CCOC4)c(N4CCNCC4)n3)c21. The highest BCUT2D eigenvalue weighted by atomic mass is 19.1. The molecular weight excluding hydrogens is 485 g/mol. The van der Waals surface area contributed by atoms with Gasteiger partial charge in [0.2, 0.25) is 0 Å². The molecule has 3 aromatic heterocycles. The Morgan fingerprint density at radius 3 is 2.87 bits per heavy atom. The fraction of sp³-hybridized carbons (Fsp3) is 0.321. The van der Waals surface area contributed by atoms with Crippen molar-refractivity contribution in [3.63, 3.8) is 0 Å². The van der Waals surface area contributed by atoms with Crippen LogP contribution in [0.2, 0.25) is 0 Å². The van der Waals surface area contributed by atoms with Gasteiger partial charge in [0.15, 0.2) is 0 Å². The molecule has 3 N–H and O–H groups in total. The van der Waals surface area contributed by atoms with Gasteiger partial charge in [-0.2, -0.15) is 0 Å². The van der Waals surface area contributed by atoms with Crippen molar-refractivity contribution in [2.24, 2.45) is 0 Å². The maximum Gasteiger partial charge on any atom is 0.254 e. The molecule has 0 aliphatic carbocycles. The van der Waals surface area contributed by atoms with Crippen LogP contribution in [0, 0.1) is 5.82 Å². The van der Waals surface area contributed by atoms with Gasteiger partial charge in [-0.25, -0.2) is 14.4 Å². The molecule has 0 bridgehead atoms. The molecule has 6 heterocycles. The zero-order valence-electron chi connectivity index (χ0n) is 20.8. The number of aromatic nitrogens is 3. The van der Waals surface area contributed by atoms with Crippen LogP contribution in [0.25, 0.3) is 16.9 Å². The van der Waals surface area contributed by atoms with E-state index in [0.29, 0.717) is 35.2 Å². The molecule has 3 aliphatic heterocycles. The molecule has 9 nitrogen and oxygen atoms in total. The lowest BCUT2D eigenvalue weighted by Crippen LogP contribution is -2.44. The van der Waals surface area contributed by atoms with Gasteiger partial charge < -0.3 is 25.6 Å². The van der Waals surface area contributed by atoms with E-state index in [2.05, 4.69) is 31.9 Å². The summed E-state index contributed by atoms with van der Waals surface area (Å²) in [7, 11) is 0. The predicted octanol–water partition coefficient (Wildman–Crippen LogP) is 3.44. The summed E-state index contributed by atoms with van der Waals surface area (Å²) in [4.78, 5) is 24.7. The Balaban J connectivity index is 1.26. The summed E-state index contributed by atoms with van der Waals surface area (Å²) in [5.74, 6) is 1.56. The first-order chi connectivity index (χ1) is 18.7. The largest absolute Gasteiger partial charge is 0.381 e. The van der Waals surface area contributed by atoms with Crippen LogP contribution in [0.4, 0.5) is 21.7 Å². The Hall–Kier alpha value is -4.02. The standard InChI is InChI=1S/C28H28FN7O2/c29-18-5-9-36-23(15-31-25(36)13-18)20-1-3-22(26-21(20)14-32-28(26)37)33-24-4-2-19(17-6-12-38-16-17)27(34-24)35-10-7-30-8-11-35/h1-5,9,13,15,17,30H,6-8,10-12,14,16H2,(H,32,37)(H,33,34)/t17-/m0/s1. The van der Waals surface area contributed by atoms with E-state index >= 15 is 0 Å². The van der Waals surface area contributed by atoms with Crippen LogP contribution in [0.5, 0.6) is 0 Å². The molecule has 194 valence electrons. The van der Waals surface area contributed by atoms with Crippen molar-refractivity contribution in [2.45, 2.75) is 18.9 Å². The van der Waals surface area contributed by atoms with Crippen LogP contribution in [-0.4, -0.2) is 59.7 Å². The van der Waals surface area contributed by atoms with Crippen molar-refractivity contribution >= 4 is 28.9 Å². The molecular formula is C28H28FN7O2. The summed E-state index contributed by atoms with van der Waals surface area (Å²) >= 11 is 0. The van der Waals surface area contributed by atoms with Crippen molar-refractivity contribution in [1.29, 1.82) is 0 Å². The number of pyridine rings is 2. The third-order valence-electron chi connectivity index (χ3n) is 7.67. The Kier molecular flexibility index (Phi) is 5.70. The molecule has 10 heteroatoms. The first kappa shape index (κ1) is 23.1. The summed E-state index contributed by atoms with van der Waals surface area (Å²) in [6.45, 7) is 5.54. The van der Waals surface area contributed by atoms with Crippen LogP contribution in [0.15, 0.2) is 48.8 Å². The van der Waals surface area contributed by atoms with Crippen LogP contribution in [0.1, 0.15) is 33.8 Å². The lowest BCUT2D eigenvalue weighted by atomic mass is 9.98. The van der Waals surface area contributed by atoms with Crippen molar-refractivity contribution in [3.05, 3.63) is 71.3 Å². The molecule has 0 radical (unpaired) electrons. The lowest BCUT2D eigenvalue weighted by molar-refractivity contribution is 0.0966. The van der Waals surface area contributed by atoms with Crippen molar-refractivity contribution in [3.8, 4) is 11.3 Å². The van der Waals surface area contributed by atoms with Gasteiger partial charge in [-0.05, 0) is 30.2 Å². The Morgan fingerprint density at radius 1 is 1.13 bits per heavy atom. The normalized spacial score (nSPS) is 19.1. The van der Waals surface area contributed by atoms with Crippen molar-refractivity contribution in [1.82, 2.24) is 25.0 Å². The van der Waals surface area contributed by atoms with E-state index in [9.17, 15) is 9.18 Å². The number of fused-ring (bicyclic) bond motifs is 2. The van der Waals surface area contributed by atoms with E-state index in [1.807, 2.05) is 22.6 Å². The average Bonchev–Trinajstić information content (AvgIpc) is 3.70. The quantitative estimate of drug-likeness (QED) is 0.376. The fourth-order valence-corrected chi connectivity index (χ4v) is 5.74. The maximum atomic E-state index is 13.7. The number of anilines is 3. The van der Waals surface area contributed by atoms with Crippen LogP contribution in [0.3, 0.4) is 0 Å². The number of hydrogen-bond acceptors (Lipinski definition) is 7. The van der Waals surface area contributed by atoms with E-state index in [4.69, 9.17) is 9.72 Å². The number of nitrogens with one attached hydrogen (secondary N) is 3. The minimum absolute atomic E-state index is 0.133. The zero-order valence-corrected chi connectivity index (χ0v) is 20.8. The topological polar surface area (TPSA) is 95.8 Å². The minimum Gasteiger partial charge on any atom is -0.381 e. The Labute approximate surface area is 219 Å². The van der Waals surface area contributed by atoms with Crippen molar-refractivity contribution in [2.75, 3.05) is 49.6 Å². The highest BCUT2D eigenvalue weighted by molar-refractivity contribution is 6.06. The van der Waals surface area contributed by atoms with Gasteiger partial charge >= 0.3 is 0 Å². The number of nitrogens with zero attached hydrogens (tertiary/aromatic N) is 4. The fourth-order valence-electron chi connectivity index (χ4n) is 5.74. The lowest BCUT2D eigenvalue weighted by Gasteiger charge is -2.31. The Bertz CT molecular complexity index is 1540. The number of hydrogen-bond donors (Lipinski definition) is 3. The smallest absolute Gasteiger partial charge is 0.254 e. The predicted molar refractivity (Wildman–Crippen MR) is 143 cm³/mol. The van der Waals surface area contributed by atoms with E-state index in [1.54, 1.807) is 12.4 Å². The molecule has 2 saturated heterocycles. The van der Waals surface area contributed by atoms with Crippen LogP contribution >= 0.6 is 0 Å². The highest BCUT2D eigenvalue weighted by Crippen LogP contribution is 2.37. The molecule has 38 heavy (non-hydrogen) atoms. The molecule has 0 spiro atoms. The van der Waals surface area contributed by atoms with Crippen molar-refractivity contribution < 1.29 is 13.9 Å². The second kappa shape index (κ2) is 9.38. The number of halogens is 1. The van der Waals surface area contributed by atoms with E-state index in [-0.39, 0.29) is 11.7 Å². The molecule has 1 atom stereocenters. The number of carbonyl (C=O) groups excluding carboxylic acids is 1. The molecule has 0 saturated carbocycles. The number of carbonyl (C=O) groups is 1. The molecule has 7 rings (SSSR count). The summed E-state index contributed by atoms with van der Waals surface area (Å²) < 4.78 is 21.2. The van der Waals surface area contributed by atoms with Gasteiger partial charge in [-0.15, -0.1) is 0 Å². The molecule has 0 unspecified atom stereocenters. The second-order valence-corrected chi connectivity index (χ2v) is 9.95. The Morgan fingerprint density at radius 2 is 2.03 bits per heavy atom. The number of amides is 1. The second-order valence-electron chi connectivity index (χ2n) is 9.95. The molecule has 3 aliphatic rings. The third-order valence-corrected chi connectivity index (χ3v) is 7.67. The molecule has 4 aromatic rings. The maximum absolute atomic E-state index is 13.7. The van der Waals surface area contributed by atoms with Gasteiger partial charge in [0.25, 0.3) is 5.91 Å². The first-order valence-corrected chi connectivity index (χ1v) is 13.0. The molecule has 2 fully saturated rings. The zero-order chi connectivity index (χ0) is 25.6. The number of ether oxygens (including phenoxy) is 1. The minimum atomic E-state index is -0.338.